The summed E-state index contributed by atoms with van der Waals surface area (Å²) >= 11 is 0. The van der Waals surface area contributed by atoms with Crippen LogP contribution in [-0.2, 0) is 9.59 Å². The Bertz CT molecular complexity index is 638. The van der Waals surface area contributed by atoms with E-state index in [0.717, 1.165) is 6.42 Å². The lowest BCUT2D eigenvalue weighted by Gasteiger charge is -2.31. The van der Waals surface area contributed by atoms with Gasteiger partial charge < -0.3 is 9.64 Å². The van der Waals surface area contributed by atoms with E-state index in [1.807, 2.05) is 20.8 Å². The quantitative estimate of drug-likeness (QED) is 0.718. The predicted molar refractivity (Wildman–Crippen MR) is 91.5 cm³/mol. The van der Waals surface area contributed by atoms with Crippen LogP contribution in [-0.4, -0.2) is 48.7 Å². The maximum Gasteiger partial charge on any atom is 0.265 e. The molecule has 1 heterocycles. The fourth-order valence-corrected chi connectivity index (χ4v) is 2.73. The highest BCUT2D eigenvalue weighted by Gasteiger charge is 2.29. The molecule has 1 aromatic carbocycles. The molecule has 24 heavy (non-hydrogen) atoms. The molecule has 0 spiro atoms. The van der Waals surface area contributed by atoms with Crippen LogP contribution in [0.2, 0.25) is 0 Å². The number of nitrogens with zero attached hydrogens (tertiary/aromatic N) is 2. The Kier molecular flexibility index (Phi) is 5.95. The minimum absolute atomic E-state index is 0.0216. The van der Waals surface area contributed by atoms with Crippen LogP contribution >= 0.6 is 0 Å². The number of anilines is 1. The molecular formula is C18H24N2O4. The van der Waals surface area contributed by atoms with Gasteiger partial charge in [0.15, 0.2) is 12.4 Å². The summed E-state index contributed by atoms with van der Waals surface area (Å²) in [5.74, 6) is 0.151. The van der Waals surface area contributed by atoms with E-state index in [2.05, 4.69) is 0 Å². The van der Waals surface area contributed by atoms with E-state index in [1.165, 1.54) is 4.90 Å². The maximum atomic E-state index is 12.4. The van der Waals surface area contributed by atoms with Crippen molar-refractivity contribution in [3.8, 4) is 5.75 Å². The van der Waals surface area contributed by atoms with Crippen LogP contribution in [0.4, 0.5) is 5.69 Å². The standard InChI is InChI=1S/C18H24N2O4/c1-4-7-15(21)13-8-9-16-14(10-13)20(18(23)12-24-16)11-17(22)19(5-2)6-3/h8-10H,4-7,11-12H2,1-3H3. The Morgan fingerprint density at radius 1 is 1.21 bits per heavy atom. The molecular weight excluding hydrogens is 308 g/mol. The van der Waals surface area contributed by atoms with E-state index in [4.69, 9.17) is 4.74 Å². The van der Waals surface area contributed by atoms with Crippen molar-refractivity contribution < 1.29 is 19.1 Å². The van der Waals surface area contributed by atoms with E-state index in [1.54, 1.807) is 23.1 Å². The Balaban J connectivity index is 2.30. The molecule has 0 aromatic heterocycles. The maximum absolute atomic E-state index is 12.4. The first-order chi connectivity index (χ1) is 11.5. The number of benzene rings is 1. The molecule has 6 nitrogen and oxygen atoms in total. The number of amides is 2. The molecule has 0 fully saturated rings. The van der Waals surface area contributed by atoms with Gasteiger partial charge in [0.2, 0.25) is 5.91 Å². The van der Waals surface area contributed by atoms with E-state index < -0.39 is 0 Å². The highest BCUT2D eigenvalue weighted by molar-refractivity contribution is 6.04. The average molecular weight is 332 g/mol. The Morgan fingerprint density at radius 3 is 2.54 bits per heavy atom. The van der Waals surface area contributed by atoms with Crippen molar-refractivity contribution >= 4 is 23.3 Å². The highest BCUT2D eigenvalue weighted by Crippen LogP contribution is 2.33. The molecule has 6 heteroatoms. The number of likely N-dealkylation sites (N-methyl/N-ethyl adjacent to an activating group) is 1. The van der Waals surface area contributed by atoms with Crippen LogP contribution in [0.25, 0.3) is 0 Å². The van der Waals surface area contributed by atoms with Crippen LogP contribution in [0, 0.1) is 0 Å². The number of rotatable bonds is 7. The first-order valence-electron chi connectivity index (χ1n) is 8.39. The van der Waals surface area contributed by atoms with Gasteiger partial charge in [0, 0.05) is 25.1 Å². The second-order valence-corrected chi connectivity index (χ2v) is 5.69. The SMILES string of the molecule is CCCC(=O)c1ccc2c(c1)N(CC(=O)N(CC)CC)C(=O)CO2. The summed E-state index contributed by atoms with van der Waals surface area (Å²) in [6.45, 7) is 6.79. The Labute approximate surface area is 142 Å². The number of carbonyl (C=O) groups excluding carboxylic acids is 3. The molecule has 0 aliphatic carbocycles. The second kappa shape index (κ2) is 7.95. The van der Waals surface area contributed by atoms with Gasteiger partial charge in [-0.25, -0.2) is 0 Å². The molecule has 130 valence electrons. The first kappa shape index (κ1) is 18.0. The molecule has 0 bridgehead atoms. The molecule has 0 radical (unpaired) electrons. The molecule has 2 amide bonds. The second-order valence-electron chi connectivity index (χ2n) is 5.69. The largest absolute Gasteiger partial charge is 0.482 e. The molecule has 0 atom stereocenters. The van der Waals surface area contributed by atoms with Crippen LogP contribution in [0.15, 0.2) is 18.2 Å². The van der Waals surface area contributed by atoms with Gasteiger partial charge in [-0.1, -0.05) is 6.92 Å². The molecule has 1 aliphatic rings. The topological polar surface area (TPSA) is 66.9 Å². The lowest BCUT2D eigenvalue weighted by Crippen LogP contribution is -2.46. The van der Waals surface area contributed by atoms with Gasteiger partial charge in [-0.05, 0) is 38.5 Å². The fraction of sp³-hybridized carbons (Fsp3) is 0.500. The number of Topliss-reactive ketones (excluding diaryl/α,β-unsaturated/α-hetero) is 1. The normalized spacial score (nSPS) is 13.3. The zero-order chi connectivity index (χ0) is 17.7. The number of hydrogen-bond acceptors (Lipinski definition) is 4. The number of ether oxygens (including phenoxy) is 1. The van der Waals surface area contributed by atoms with Crippen LogP contribution in [0.1, 0.15) is 44.0 Å². The van der Waals surface area contributed by atoms with Gasteiger partial charge in [-0.2, -0.15) is 0 Å². The summed E-state index contributed by atoms with van der Waals surface area (Å²) in [5.41, 5.74) is 1.03. The predicted octanol–water partition coefficient (Wildman–Crippen LogP) is 2.26. The van der Waals surface area contributed by atoms with E-state index in [0.29, 0.717) is 36.5 Å². The van der Waals surface area contributed by atoms with Crippen molar-refractivity contribution in [1.82, 2.24) is 4.90 Å². The lowest BCUT2D eigenvalue weighted by atomic mass is 10.0. The number of ketones is 1. The number of fused-ring (bicyclic) bond motifs is 1. The first-order valence-corrected chi connectivity index (χ1v) is 8.39. The molecule has 1 aliphatic heterocycles. The zero-order valence-corrected chi connectivity index (χ0v) is 14.5. The Hall–Kier alpha value is -2.37. The minimum atomic E-state index is -0.275. The summed E-state index contributed by atoms with van der Waals surface area (Å²) in [6.07, 6.45) is 1.21. The van der Waals surface area contributed by atoms with Crippen molar-refractivity contribution in [1.29, 1.82) is 0 Å². The summed E-state index contributed by atoms with van der Waals surface area (Å²) in [4.78, 5) is 39.8. The molecule has 0 saturated heterocycles. The Morgan fingerprint density at radius 2 is 1.92 bits per heavy atom. The van der Waals surface area contributed by atoms with Crippen molar-refractivity contribution in [2.45, 2.75) is 33.6 Å². The summed E-state index contributed by atoms with van der Waals surface area (Å²) < 4.78 is 5.43. The summed E-state index contributed by atoms with van der Waals surface area (Å²) in [5, 5.41) is 0. The van der Waals surface area contributed by atoms with Gasteiger partial charge in [-0.3, -0.25) is 19.3 Å². The van der Waals surface area contributed by atoms with Gasteiger partial charge in [0.25, 0.3) is 5.91 Å². The molecule has 0 saturated carbocycles. The van der Waals surface area contributed by atoms with E-state index in [-0.39, 0.29) is 30.7 Å². The third-order valence-electron chi connectivity index (χ3n) is 4.11. The third-order valence-corrected chi connectivity index (χ3v) is 4.11. The van der Waals surface area contributed by atoms with Crippen LogP contribution in [0.3, 0.4) is 0 Å². The highest BCUT2D eigenvalue weighted by atomic mass is 16.5. The van der Waals surface area contributed by atoms with Crippen molar-refractivity contribution in [3.05, 3.63) is 23.8 Å². The van der Waals surface area contributed by atoms with Crippen LogP contribution in [0.5, 0.6) is 5.75 Å². The van der Waals surface area contributed by atoms with E-state index in [9.17, 15) is 14.4 Å². The van der Waals surface area contributed by atoms with E-state index >= 15 is 0 Å². The summed E-state index contributed by atoms with van der Waals surface area (Å²) in [7, 11) is 0. The number of hydrogen-bond donors (Lipinski definition) is 0. The molecule has 0 unspecified atom stereocenters. The van der Waals surface area contributed by atoms with Gasteiger partial charge >= 0.3 is 0 Å². The molecule has 0 N–H and O–H groups in total. The van der Waals surface area contributed by atoms with Crippen molar-refractivity contribution in [3.63, 3.8) is 0 Å². The zero-order valence-electron chi connectivity index (χ0n) is 14.5. The number of carbonyl (C=O) groups is 3. The monoisotopic (exact) mass is 332 g/mol. The van der Waals surface area contributed by atoms with Crippen molar-refractivity contribution in [2.75, 3.05) is 31.1 Å². The third kappa shape index (κ3) is 3.75. The smallest absolute Gasteiger partial charge is 0.265 e. The average Bonchev–Trinajstić information content (AvgIpc) is 2.58. The van der Waals surface area contributed by atoms with Crippen LogP contribution < -0.4 is 9.64 Å². The molecule has 1 aromatic rings. The fourth-order valence-electron chi connectivity index (χ4n) is 2.73. The summed E-state index contributed by atoms with van der Waals surface area (Å²) in [6, 6.07) is 5.05. The van der Waals surface area contributed by atoms with Gasteiger partial charge in [0.05, 0.1) is 5.69 Å². The van der Waals surface area contributed by atoms with Gasteiger partial charge in [0.1, 0.15) is 12.3 Å². The minimum Gasteiger partial charge on any atom is -0.482 e. The van der Waals surface area contributed by atoms with Crippen molar-refractivity contribution in [2.24, 2.45) is 0 Å². The molecule has 2 rings (SSSR count). The van der Waals surface area contributed by atoms with Gasteiger partial charge in [-0.15, -0.1) is 0 Å². The lowest BCUT2D eigenvalue weighted by molar-refractivity contribution is -0.131.